The first-order chi connectivity index (χ1) is 7.66. The van der Waals surface area contributed by atoms with Crippen molar-refractivity contribution >= 4 is 17.3 Å². The molecule has 0 spiro atoms. The Labute approximate surface area is 103 Å². The zero-order valence-electron chi connectivity index (χ0n) is 9.96. The van der Waals surface area contributed by atoms with Crippen molar-refractivity contribution in [3.8, 4) is 0 Å². The summed E-state index contributed by atoms with van der Waals surface area (Å²) in [6.45, 7) is 4.44. The molecule has 1 heterocycles. The molecule has 0 saturated carbocycles. The van der Waals surface area contributed by atoms with Gasteiger partial charge in [0, 0.05) is 6.04 Å². The number of hydrogen-bond acceptors (Lipinski definition) is 2. The van der Waals surface area contributed by atoms with E-state index in [2.05, 4.69) is 30.3 Å². The smallest absolute Gasteiger partial charge is 0.0640 e. The lowest BCUT2D eigenvalue weighted by atomic mass is 10.0. The Bertz CT molecular complexity index is 337. The van der Waals surface area contributed by atoms with Gasteiger partial charge in [0.1, 0.15) is 0 Å². The van der Waals surface area contributed by atoms with Crippen LogP contribution in [0, 0.1) is 6.92 Å². The first-order valence-corrected chi connectivity index (χ1v) is 6.25. The van der Waals surface area contributed by atoms with Gasteiger partial charge in [-0.25, -0.2) is 0 Å². The fraction of sp³-hybridized carbons (Fsp3) is 0.538. The van der Waals surface area contributed by atoms with Crippen LogP contribution in [0.3, 0.4) is 0 Å². The van der Waals surface area contributed by atoms with Gasteiger partial charge in [0.25, 0.3) is 0 Å². The fourth-order valence-electron chi connectivity index (χ4n) is 2.17. The van der Waals surface area contributed by atoms with Crippen LogP contribution in [0.4, 0.5) is 5.69 Å². The van der Waals surface area contributed by atoms with Gasteiger partial charge in [-0.2, -0.15) is 0 Å². The third kappa shape index (κ3) is 2.69. The van der Waals surface area contributed by atoms with E-state index in [1.165, 1.54) is 31.5 Å². The minimum Gasteiger partial charge on any atom is -0.381 e. The molecule has 0 aromatic heterocycles. The highest BCUT2D eigenvalue weighted by Crippen LogP contribution is 2.27. The number of nitrogens with one attached hydrogen (secondary N) is 1. The van der Waals surface area contributed by atoms with Gasteiger partial charge >= 0.3 is 0 Å². The Morgan fingerprint density at radius 1 is 1.31 bits per heavy atom. The van der Waals surface area contributed by atoms with Gasteiger partial charge in [-0.3, -0.25) is 0 Å². The summed E-state index contributed by atoms with van der Waals surface area (Å²) in [5.41, 5.74) is 2.34. The molecule has 1 aliphatic rings. The summed E-state index contributed by atoms with van der Waals surface area (Å²) in [5, 5.41) is 4.41. The minimum atomic E-state index is 0.565. The van der Waals surface area contributed by atoms with Crippen LogP contribution in [0.5, 0.6) is 0 Å². The first kappa shape index (κ1) is 11.7. The Morgan fingerprint density at radius 2 is 2.00 bits per heavy atom. The average Bonchev–Trinajstić information content (AvgIpc) is 2.26. The summed E-state index contributed by atoms with van der Waals surface area (Å²) in [6.07, 6.45) is 2.39. The molecule has 2 rings (SSSR count). The van der Waals surface area contributed by atoms with E-state index in [9.17, 15) is 0 Å². The van der Waals surface area contributed by atoms with Gasteiger partial charge in [-0.1, -0.05) is 23.7 Å². The summed E-state index contributed by atoms with van der Waals surface area (Å²) < 4.78 is 0. The standard InChI is InChI=1S/C13H19ClN2/c1-10-4-3-5-12(14)13(10)15-11-6-8-16(2)9-7-11/h3-5,11,15H,6-9H2,1-2H3. The van der Waals surface area contributed by atoms with Crippen molar-refractivity contribution in [3.63, 3.8) is 0 Å². The molecule has 0 radical (unpaired) electrons. The zero-order valence-corrected chi connectivity index (χ0v) is 10.7. The van der Waals surface area contributed by atoms with Crippen molar-refractivity contribution < 1.29 is 0 Å². The van der Waals surface area contributed by atoms with Crippen molar-refractivity contribution in [3.05, 3.63) is 28.8 Å². The summed E-state index contributed by atoms with van der Waals surface area (Å²) >= 11 is 6.20. The molecule has 1 fully saturated rings. The van der Waals surface area contributed by atoms with E-state index >= 15 is 0 Å². The highest BCUT2D eigenvalue weighted by Gasteiger charge is 2.17. The maximum absolute atomic E-state index is 6.20. The maximum Gasteiger partial charge on any atom is 0.0640 e. The van der Waals surface area contributed by atoms with Crippen LogP contribution < -0.4 is 5.32 Å². The number of nitrogens with zero attached hydrogens (tertiary/aromatic N) is 1. The van der Waals surface area contributed by atoms with E-state index in [4.69, 9.17) is 11.6 Å². The highest BCUT2D eigenvalue weighted by atomic mass is 35.5. The average molecular weight is 239 g/mol. The Balaban J connectivity index is 2.04. The number of benzene rings is 1. The van der Waals surface area contributed by atoms with Crippen molar-refractivity contribution in [1.82, 2.24) is 4.90 Å². The fourth-order valence-corrected chi connectivity index (χ4v) is 2.45. The molecule has 1 aromatic carbocycles. The van der Waals surface area contributed by atoms with Crippen LogP contribution in [0.25, 0.3) is 0 Å². The molecule has 1 N–H and O–H groups in total. The predicted molar refractivity (Wildman–Crippen MR) is 70.3 cm³/mol. The van der Waals surface area contributed by atoms with Gasteiger partial charge in [-0.05, 0) is 51.5 Å². The number of para-hydroxylation sites is 1. The molecule has 88 valence electrons. The molecule has 16 heavy (non-hydrogen) atoms. The summed E-state index contributed by atoms with van der Waals surface area (Å²) in [4.78, 5) is 2.37. The number of aryl methyl sites for hydroxylation is 1. The van der Waals surface area contributed by atoms with Crippen molar-refractivity contribution in [2.24, 2.45) is 0 Å². The van der Waals surface area contributed by atoms with Crippen LogP contribution in [0.15, 0.2) is 18.2 Å². The van der Waals surface area contributed by atoms with Gasteiger partial charge in [-0.15, -0.1) is 0 Å². The van der Waals surface area contributed by atoms with Crippen LogP contribution >= 0.6 is 11.6 Å². The quantitative estimate of drug-likeness (QED) is 0.852. The monoisotopic (exact) mass is 238 g/mol. The Kier molecular flexibility index (Phi) is 3.72. The second kappa shape index (κ2) is 5.07. The third-order valence-corrected chi connectivity index (χ3v) is 3.60. The lowest BCUT2D eigenvalue weighted by Gasteiger charge is -2.30. The molecular weight excluding hydrogens is 220 g/mol. The van der Waals surface area contributed by atoms with Gasteiger partial charge in [0.05, 0.1) is 10.7 Å². The SMILES string of the molecule is Cc1cccc(Cl)c1NC1CCN(C)CC1. The van der Waals surface area contributed by atoms with Crippen LogP contribution in [0.2, 0.25) is 5.02 Å². The summed E-state index contributed by atoms with van der Waals surface area (Å²) in [7, 11) is 2.18. The number of hydrogen-bond donors (Lipinski definition) is 1. The lowest BCUT2D eigenvalue weighted by Crippen LogP contribution is -2.36. The molecule has 0 unspecified atom stereocenters. The molecule has 2 nitrogen and oxygen atoms in total. The largest absolute Gasteiger partial charge is 0.381 e. The second-order valence-corrected chi connectivity index (χ2v) is 5.06. The molecular formula is C13H19ClN2. The molecule has 0 atom stereocenters. The van der Waals surface area contributed by atoms with E-state index in [0.29, 0.717) is 6.04 Å². The number of piperidine rings is 1. The van der Waals surface area contributed by atoms with E-state index in [1.54, 1.807) is 0 Å². The van der Waals surface area contributed by atoms with Crippen LogP contribution in [-0.4, -0.2) is 31.1 Å². The molecule has 3 heteroatoms. The van der Waals surface area contributed by atoms with E-state index in [-0.39, 0.29) is 0 Å². The normalized spacial score (nSPS) is 18.7. The molecule has 0 bridgehead atoms. The van der Waals surface area contributed by atoms with E-state index in [1.807, 2.05) is 12.1 Å². The molecule has 0 amide bonds. The second-order valence-electron chi connectivity index (χ2n) is 4.65. The Hall–Kier alpha value is -0.730. The number of anilines is 1. The molecule has 1 aromatic rings. The summed E-state index contributed by atoms with van der Waals surface area (Å²) in [5.74, 6) is 0. The van der Waals surface area contributed by atoms with Gasteiger partial charge in [0.2, 0.25) is 0 Å². The zero-order chi connectivity index (χ0) is 11.5. The van der Waals surface area contributed by atoms with Crippen LogP contribution in [-0.2, 0) is 0 Å². The number of halogens is 1. The topological polar surface area (TPSA) is 15.3 Å². The Morgan fingerprint density at radius 3 is 2.62 bits per heavy atom. The lowest BCUT2D eigenvalue weighted by molar-refractivity contribution is 0.264. The highest BCUT2D eigenvalue weighted by molar-refractivity contribution is 6.33. The predicted octanol–water partition coefficient (Wildman–Crippen LogP) is 3.15. The maximum atomic E-state index is 6.20. The van der Waals surface area contributed by atoms with Crippen LogP contribution in [0.1, 0.15) is 18.4 Å². The first-order valence-electron chi connectivity index (χ1n) is 5.87. The van der Waals surface area contributed by atoms with Crippen molar-refractivity contribution in [2.45, 2.75) is 25.8 Å². The molecule has 0 aliphatic carbocycles. The number of rotatable bonds is 2. The van der Waals surface area contributed by atoms with E-state index in [0.717, 1.165) is 10.7 Å². The molecule has 1 aliphatic heterocycles. The van der Waals surface area contributed by atoms with E-state index < -0.39 is 0 Å². The number of likely N-dealkylation sites (tertiary alicyclic amines) is 1. The summed E-state index contributed by atoms with van der Waals surface area (Å²) in [6, 6.07) is 6.61. The van der Waals surface area contributed by atoms with Crippen molar-refractivity contribution in [1.29, 1.82) is 0 Å². The van der Waals surface area contributed by atoms with Gasteiger partial charge < -0.3 is 10.2 Å². The van der Waals surface area contributed by atoms with Crippen molar-refractivity contribution in [2.75, 3.05) is 25.5 Å². The molecule has 1 saturated heterocycles. The van der Waals surface area contributed by atoms with Gasteiger partial charge in [0.15, 0.2) is 0 Å². The minimum absolute atomic E-state index is 0.565. The third-order valence-electron chi connectivity index (χ3n) is 3.29.